The summed E-state index contributed by atoms with van der Waals surface area (Å²) >= 11 is 1.08. The molecule has 1 aromatic heterocycles. The molecule has 2 heterocycles. The van der Waals surface area contributed by atoms with Gasteiger partial charge in [-0.05, 0) is 49.9 Å². The van der Waals surface area contributed by atoms with Crippen LogP contribution in [0.15, 0.2) is 46.0 Å². The number of hydrogen-bond donors (Lipinski definition) is 1. The molecule has 1 aliphatic rings. The van der Waals surface area contributed by atoms with E-state index in [1.807, 2.05) is 0 Å². The van der Waals surface area contributed by atoms with Gasteiger partial charge in [0.15, 0.2) is 5.60 Å². The molecule has 1 fully saturated rings. The number of piperazine rings is 1. The van der Waals surface area contributed by atoms with E-state index in [9.17, 15) is 35.1 Å². The molecule has 0 spiro atoms. The molecule has 2 aromatic rings. The van der Waals surface area contributed by atoms with E-state index in [1.54, 1.807) is 30.2 Å². The van der Waals surface area contributed by atoms with Crippen LogP contribution < -0.4 is 4.90 Å². The molecule has 0 aliphatic carbocycles. The number of sulfonamides is 1. The van der Waals surface area contributed by atoms with E-state index in [4.69, 9.17) is 0 Å². The van der Waals surface area contributed by atoms with Crippen LogP contribution in [-0.4, -0.2) is 93.4 Å². The van der Waals surface area contributed by atoms with E-state index in [2.05, 4.69) is 0 Å². The third kappa shape index (κ3) is 6.03. The van der Waals surface area contributed by atoms with Gasteiger partial charge in [-0.25, -0.2) is 8.42 Å². The Morgan fingerprint density at radius 1 is 1.08 bits per heavy atom. The maximum absolute atomic E-state index is 13.3. The van der Waals surface area contributed by atoms with Crippen molar-refractivity contribution in [1.82, 2.24) is 12.9 Å². The van der Waals surface area contributed by atoms with Crippen LogP contribution in [-0.2, 0) is 25.8 Å². The maximum Gasteiger partial charge on any atom is 0.421 e. The largest absolute Gasteiger partial charge is 0.421 e. The first-order valence-electron chi connectivity index (χ1n) is 11.8. The fourth-order valence-electron chi connectivity index (χ4n) is 4.21. The van der Waals surface area contributed by atoms with Gasteiger partial charge in [0.1, 0.15) is 4.21 Å². The van der Waals surface area contributed by atoms with Gasteiger partial charge >= 0.3 is 6.18 Å². The van der Waals surface area contributed by atoms with Crippen molar-refractivity contribution in [3.63, 3.8) is 0 Å². The fraction of sp³-hybridized carbons (Fsp3) is 0.565. The zero-order chi connectivity index (χ0) is 28.7. The smallest absolute Gasteiger partial charge is 0.376 e. The predicted octanol–water partition coefficient (Wildman–Crippen LogP) is 2.91. The summed E-state index contributed by atoms with van der Waals surface area (Å²) in [5, 5.41) is 11.7. The molecule has 2 atom stereocenters. The first-order chi connectivity index (χ1) is 17.4. The van der Waals surface area contributed by atoms with Gasteiger partial charge in [0.2, 0.25) is 0 Å². The number of anilines is 1. The number of aliphatic hydroxyl groups is 1. The molecule has 1 aromatic carbocycles. The van der Waals surface area contributed by atoms with Crippen molar-refractivity contribution in [3.05, 3.63) is 47.3 Å². The van der Waals surface area contributed by atoms with Crippen molar-refractivity contribution < 1.29 is 35.1 Å². The van der Waals surface area contributed by atoms with E-state index in [1.165, 1.54) is 53.0 Å². The SMILES string of the molecule is CC(C)N(C[C@H]1CN(S(=O)(=O)c2cccs2)CCN1c1ccc([C@](C)(O)C(F)(F)F)cc1)S(=O)(=O)N(C)C. The standard InChI is InChI=1S/C23H33F3N4O5S3/c1-17(2)30(38(34,35)27(4)5)16-20-15-28(37(32,33)21-7-6-14-36-21)12-13-29(20)19-10-8-18(9-11-19)22(3,31)23(24,25)26/h6-11,14,17,20,31H,12-13,15-16H2,1-5H3/t20-,22+/m1/s1. The molecule has 3 rings (SSSR count). The molecule has 0 amide bonds. The van der Waals surface area contributed by atoms with Crippen molar-refractivity contribution in [2.24, 2.45) is 0 Å². The van der Waals surface area contributed by atoms with Gasteiger partial charge in [0, 0.05) is 52.0 Å². The molecule has 9 nitrogen and oxygen atoms in total. The highest BCUT2D eigenvalue weighted by atomic mass is 32.2. The number of rotatable bonds is 9. The van der Waals surface area contributed by atoms with Gasteiger partial charge in [-0.1, -0.05) is 18.2 Å². The quantitative estimate of drug-likeness (QED) is 0.477. The summed E-state index contributed by atoms with van der Waals surface area (Å²) in [4.78, 5) is 1.80. The number of alkyl halides is 3. The van der Waals surface area contributed by atoms with Gasteiger partial charge < -0.3 is 10.0 Å². The topological polar surface area (TPSA) is 101 Å². The fourth-order valence-corrected chi connectivity index (χ4v) is 8.13. The second kappa shape index (κ2) is 11.0. The Hall–Kier alpha value is -1.75. The Morgan fingerprint density at radius 2 is 1.68 bits per heavy atom. The Labute approximate surface area is 226 Å². The molecular weight excluding hydrogens is 565 g/mol. The summed E-state index contributed by atoms with van der Waals surface area (Å²) in [5.41, 5.74) is -2.91. The van der Waals surface area contributed by atoms with Crippen molar-refractivity contribution >= 4 is 37.3 Å². The van der Waals surface area contributed by atoms with E-state index in [-0.39, 0.29) is 36.0 Å². The molecule has 0 bridgehead atoms. The maximum atomic E-state index is 13.3. The summed E-state index contributed by atoms with van der Waals surface area (Å²) in [6.45, 7) is 4.28. The van der Waals surface area contributed by atoms with Crippen LogP contribution in [0.3, 0.4) is 0 Å². The van der Waals surface area contributed by atoms with Gasteiger partial charge in [-0.15, -0.1) is 11.3 Å². The van der Waals surface area contributed by atoms with E-state index < -0.39 is 44.1 Å². The first kappa shape index (κ1) is 30.8. The van der Waals surface area contributed by atoms with Crippen LogP contribution in [0.5, 0.6) is 0 Å². The minimum absolute atomic E-state index is 0.0333. The molecule has 0 radical (unpaired) electrons. The second-order valence-electron chi connectivity index (χ2n) is 9.71. The van der Waals surface area contributed by atoms with Crippen LogP contribution in [0.1, 0.15) is 26.3 Å². The highest BCUT2D eigenvalue weighted by Gasteiger charge is 2.51. The van der Waals surface area contributed by atoms with Gasteiger partial charge in [0.25, 0.3) is 20.2 Å². The molecule has 0 unspecified atom stereocenters. The predicted molar refractivity (Wildman–Crippen MR) is 141 cm³/mol. The Kier molecular flexibility index (Phi) is 8.93. The van der Waals surface area contributed by atoms with E-state index in [0.717, 1.165) is 15.6 Å². The van der Waals surface area contributed by atoms with Crippen molar-refractivity contribution in [1.29, 1.82) is 0 Å². The summed E-state index contributed by atoms with van der Waals surface area (Å²) in [6, 6.07) is 7.23. The number of nitrogens with zero attached hydrogens (tertiary/aromatic N) is 4. The number of hydrogen-bond acceptors (Lipinski definition) is 7. The highest BCUT2D eigenvalue weighted by Crippen LogP contribution is 2.39. The van der Waals surface area contributed by atoms with Crippen molar-refractivity contribution in [2.45, 2.75) is 48.8 Å². The van der Waals surface area contributed by atoms with Crippen molar-refractivity contribution in [3.8, 4) is 0 Å². The zero-order valence-electron chi connectivity index (χ0n) is 21.8. The average Bonchev–Trinajstić information content (AvgIpc) is 3.37. The molecule has 38 heavy (non-hydrogen) atoms. The molecule has 15 heteroatoms. The zero-order valence-corrected chi connectivity index (χ0v) is 24.2. The van der Waals surface area contributed by atoms with E-state index in [0.29, 0.717) is 12.6 Å². The lowest BCUT2D eigenvalue weighted by atomic mass is 9.95. The van der Waals surface area contributed by atoms with Crippen LogP contribution in [0.4, 0.5) is 18.9 Å². The summed E-state index contributed by atoms with van der Waals surface area (Å²) in [5.74, 6) is 0. The molecule has 214 valence electrons. The molecule has 1 saturated heterocycles. The van der Waals surface area contributed by atoms with Gasteiger partial charge in [-0.2, -0.15) is 34.5 Å². The summed E-state index contributed by atoms with van der Waals surface area (Å²) in [7, 11) is -4.87. The average molecular weight is 599 g/mol. The van der Waals surface area contributed by atoms with Gasteiger partial charge in [0.05, 0.1) is 6.04 Å². The van der Waals surface area contributed by atoms with Crippen LogP contribution >= 0.6 is 11.3 Å². The number of halogens is 3. The second-order valence-corrected chi connectivity index (χ2v) is 14.9. The lowest BCUT2D eigenvalue weighted by Crippen LogP contribution is -2.60. The van der Waals surface area contributed by atoms with Crippen LogP contribution in [0, 0.1) is 0 Å². The lowest BCUT2D eigenvalue weighted by molar-refractivity contribution is -0.258. The Balaban J connectivity index is 2.00. The van der Waals surface area contributed by atoms with Gasteiger partial charge in [-0.3, -0.25) is 0 Å². The highest BCUT2D eigenvalue weighted by molar-refractivity contribution is 7.91. The molecule has 1 aliphatic heterocycles. The summed E-state index contributed by atoms with van der Waals surface area (Å²) in [6.07, 6.45) is -4.88. The number of thiophene rings is 1. The minimum Gasteiger partial charge on any atom is -0.376 e. The first-order valence-corrected chi connectivity index (χ1v) is 15.5. The van der Waals surface area contributed by atoms with Crippen LogP contribution in [0.2, 0.25) is 0 Å². The molecule has 0 saturated carbocycles. The summed E-state index contributed by atoms with van der Waals surface area (Å²) < 4.78 is 96.4. The van der Waals surface area contributed by atoms with E-state index >= 15 is 0 Å². The molecule has 1 N–H and O–H groups in total. The number of benzene rings is 1. The van der Waals surface area contributed by atoms with Crippen LogP contribution in [0.25, 0.3) is 0 Å². The third-order valence-corrected chi connectivity index (χ3v) is 11.9. The normalized spacial score (nSPS) is 19.9. The third-order valence-electron chi connectivity index (χ3n) is 6.57. The lowest BCUT2D eigenvalue weighted by Gasteiger charge is -2.44. The Bertz CT molecular complexity index is 1300. The minimum atomic E-state index is -4.88. The molecular formula is C23H33F3N4O5S3. The monoisotopic (exact) mass is 598 g/mol. The Morgan fingerprint density at radius 3 is 2.16 bits per heavy atom. The van der Waals surface area contributed by atoms with Crippen molar-refractivity contribution in [2.75, 3.05) is 45.2 Å².